The standard InChI is InChI=1S/C15H28N2/c1-9(2)13-10(3)6-8-17-15-11(4)14(13)12(15)5-7-16/h8-15H,5-7,16H2,1-4H3. The number of hydrogen-bond donors (Lipinski definition) is 1. The lowest BCUT2D eigenvalue weighted by Crippen LogP contribution is -2.55. The van der Waals surface area contributed by atoms with Crippen LogP contribution in [0.4, 0.5) is 0 Å². The predicted octanol–water partition coefficient (Wildman–Crippen LogP) is 2.97. The van der Waals surface area contributed by atoms with E-state index >= 15 is 0 Å². The van der Waals surface area contributed by atoms with Gasteiger partial charge in [0.1, 0.15) is 0 Å². The summed E-state index contributed by atoms with van der Waals surface area (Å²) in [7, 11) is 0. The zero-order chi connectivity index (χ0) is 12.6. The minimum absolute atomic E-state index is 0.567. The molecule has 17 heavy (non-hydrogen) atoms. The van der Waals surface area contributed by atoms with Crippen LogP contribution < -0.4 is 5.73 Å². The molecule has 1 fully saturated rings. The van der Waals surface area contributed by atoms with Crippen molar-refractivity contribution < 1.29 is 0 Å². The average Bonchev–Trinajstić information content (AvgIpc) is 2.26. The Hall–Kier alpha value is -0.370. The van der Waals surface area contributed by atoms with Crippen LogP contribution in [0.5, 0.6) is 0 Å². The van der Waals surface area contributed by atoms with E-state index in [-0.39, 0.29) is 0 Å². The maximum atomic E-state index is 5.78. The summed E-state index contributed by atoms with van der Waals surface area (Å²) < 4.78 is 0. The molecule has 2 heteroatoms. The summed E-state index contributed by atoms with van der Waals surface area (Å²) >= 11 is 0. The Balaban J connectivity index is 2.24. The highest BCUT2D eigenvalue weighted by molar-refractivity contribution is 5.58. The van der Waals surface area contributed by atoms with Crippen LogP contribution in [0.25, 0.3) is 0 Å². The predicted molar refractivity (Wildman–Crippen MR) is 74.2 cm³/mol. The third-order valence-electron chi connectivity index (χ3n) is 5.20. The summed E-state index contributed by atoms with van der Waals surface area (Å²) in [6.07, 6.45) is 4.52. The first-order valence-electron chi connectivity index (χ1n) is 7.29. The Kier molecular flexibility index (Phi) is 3.92. The number of nitrogens with zero attached hydrogens (tertiary/aromatic N) is 1. The topological polar surface area (TPSA) is 38.4 Å². The van der Waals surface area contributed by atoms with Gasteiger partial charge in [0.05, 0.1) is 6.04 Å². The largest absolute Gasteiger partial charge is 0.330 e. The van der Waals surface area contributed by atoms with E-state index in [1.165, 1.54) is 0 Å². The molecule has 2 N–H and O–H groups in total. The molecule has 98 valence electrons. The summed E-state index contributed by atoms with van der Waals surface area (Å²) in [5.41, 5.74) is 5.78. The lowest BCUT2D eigenvalue weighted by atomic mass is 9.51. The fraction of sp³-hybridized carbons (Fsp3) is 0.933. The molecule has 0 aromatic carbocycles. The van der Waals surface area contributed by atoms with Gasteiger partial charge >= 0.3 is 0 Å². The maximum Gasteiger partial charge on any atom is 0.0555 e. The second-order valence-corrected chi connectivity index (χ2v) is 6.53. The van der Waals surface area contributed by atoms with E-state index in [4.69, 9.17) is 10.7 Å². The summed E-state index contributed by atoms with van der Waals surface area (Å²) in [5, 5.41) is 0. The van der Waals surface area contributed by atoms with E-state index in [2.05, 4.69) is 33.9 Å². The molecular formula is C15H28N2. The Bertz CT molecular complexity index is 285. The van der Waals surface area contributed by atoms with Crippen molar-refractivity contribution in [3.8, 4) is 0 Å². The van der Waals surface area contributed by atoms with Crippen LogP contribution in [-0.2, 0) is 0 Å². The van der Waals surface area contributed by atoms with Gasteiger partial charge in [0, 0.05) is 0 Å². The molecule has 6 unspecified atom stereocenters. The van der Waals surface area contributed by atoms with Gasteiger partial charge in [0.2, 0.25) is 0 Å². The molecule has 0 amide bonds. The van der Waals surface area contributed by atoms with Crippen molar-refractivity contribution in [2.75, 3.05) is 6.54 Å². The van der Waals surface area contributed by atoms with E-state index in [0.717, 1.165) is 54.9 Å². The van der Waals surface area contributed by atoms with Crippen LogP contribution in [0.3, 0.4) is 0 Å². The number of nitrogens with two attached hydrogens (primary N) is 1. The second kappa shape index (κ2) is 5.09. The van der Waals surface area contributed by atoms with E-state index in [1.807, 2.05) is 0 Å². The highest BCUT2D eigenvalue weighted by Crippen LogP contribution is 2.53. The molecule has 2 aliphatic heterocycles. The summed E-state index contributed by atoms with van der Waals surface area (Å²) in [5.74, 6) is 4.78. The molecule has 0 spiro atoms. The first-order valence-corrected chi connectivity index (χ1v) is 7.29. The molecule has 6 atom stereocenters. The minimum atomic E-state index is 0.567. The molecule has 1 aliphatic carbocycles. The van der Waals surface area contributed by atoms with Crippen LogP contribution >= 0.6 is 0 Å². The maximum absolute atomic E-state index is 5.78. The number of rotatable bonds is 3. The molecular weight excluding hydrogens is 208 g/mol. The molecule has 2 nitrogen and oxygen atoms in total. The van der Waals surface area contributed by atoms with Crippen molar-refractivity contribution in [2.45, 2.75) is 46.6 Å². The Labute approximate surface area is 106 Å². The van der Waals surface area contributed by atoms with Gasteiger partial charge in [-0.15, -0.1) is 0 Å². The zero-order valence-electron chi connectivity index (χ0n) is 11.8. The van der Waals surface area contributed by atoms with Crippen molar-refractivity contribution in [3.63, 3.8) is 0 Å². The van der Waals surface area contributed by atoms with Crippen molar-refractivity contribution >= 4 is 6.21 Å². The summed E-state index contributed by atoms with van der Waals surface area (Å²) in [6.45, 7) is 10.4. The third kappa shape index (κ3) is 2.16. The highest BCUT2D eigenvalue weighted by Gasteiger charge is 2.52. The molecule has 3 aliphatic rings. The van der Waals surface area contributed by atoms with Crippen LogP contribution in [0, 0.1) is 35.5 Å². The van der Waals surface area contributed by atoms with E-state index in [1.54, 1.807) is 0 Å². The van der Waals surface area contributed by atoms with E-state index < -0.39 is 0 Å². The average molecular weight is 236 g/mol. The van der Waals surface area contributed by atoms with Crippen molar-refractivity contribution in [2.24, 2.45) is 46.2 Å². The van der Waals surface area contributed by atoms with Crippen molar-refractivity contribution in [1.29, 1.82) is 0 Å². The lowest BCUT2D eigenvalue weighted by Gasteiger charge is -2.56. The van der Waals surface area contributed by atoms with Gasteiger partial charge in [-0.05, 0) is 61.1 Å². The lowest BCUT2D eigenvalue weighted by molar-refractivity contribution is -0.0413. The van der Waals surface area contributed by atoms with Gasteiger partial charge in [-0.25, -0.2) is 0 Å². The van der Waals surface area contributed by atoms with Gasteiger partial charge in [-0.2, -0.15) is 0 Å². The molecule has 3 rings (SSSR count). The zero-order valence-corrected chi connectivity index (χ0v) is 11.8. The molecule has 0 aromatic rings. The Morgan fingerprint density at radius 3 is 2.65 bits per heavy atom. The monoisotopic (exact) mass is 236 g/mol. The number of hydrogen-bond acceptors (Lipinski definition) is 2. The molecule has 0 radical (unpaired) electrons. The van der Waals surface area contributed by atoms with E-state index in [9.17, 15) is 0 Å². The highest BCUT2D eigenvalue weighted by atomic mass is 14.9. The fourth-order valence-electron chi connectivity index (χ4n) is 4.51. The first-order chi connectivity index (χ1) is 8.07. The van der Waals surface area contributed by atoms with Crippen molar-refractivity contribution in [1.82, 2.24) is 0 Å². The number of fused-ring (bicyclic) bond motifs is 3. The van der Waals surface area contributed by atoms with Gasteiger partial charge < -0.3 is 5.73 Å². The Morgan fingerprint density at radius 1 is 1.35 bits per heavy atom. The van der Waals surface area contributed by atoms with E-state index in [0.29, 0.717) is 6.04 Å². The molecule has 0 aromatic heterocycles. The summed E-state index contributed by atoms with van der Waals surface area (Å²) in [6, 6.07) is 0.567. The second-order valence-electron chi connectivity index (χ2n) is 6.53. The van der Waals surface area contributed by atoms with Crippen LogP contribution in [-0.4, -0.2) is 18.8 Å². The molecule has 1 saturated carbocycles. The van der Waals surface area contributed by atoms with Crippen LogP contribution in [0.2, 0.25) is 0 Å². The van der Waals surface area contributed by atoms with Gasteiger partial charge in [0.15, 0.2) is 0 Å². The first kappa shape index (κ1) is 13.1. The smallest absolute Gasteiger partial charge is 0.0555 e. The van der Waals surface area contributed by atoms with Crippen LogP contribution in [0.15, 0.2) is 4.99 Å². The van der Waals surface area contributed by atoms with Crippen molar-refractivity contribution in [3.05, 3.63) is 0 Å². The van der Waals surface area contributed by atoms with Gasteiger partial charge in [0.25, 0.3) is 0 Å². The quantitative estimate of drug-likeness (QED) is 0.804. The normalized spacial score (nSPS) is 45.3. The number of aliphatic imine (C=N–C) groups is 1. The van der Waals surface area contributed by atoms with Gasteiger partial charge in [-0.1, -0.05) is 27.7 Å². The minimum Gasteiger partial charge on any atom is -0.330 e. The third-order valence-corrected chi connectivity index (χ3v) is 5.20. The molecule has 2 bridgehead atoms. The molecule has 2 heterocycles. The van der Waals surface area contributed by atoms with Crippen LogP contribution in [0.1, 0.15) is 40.5 Å². The van der Waals surface area contributed by atoms with Gasteiger partial charge in [-0.3, -0.25) is 4.99 Å². The SMILES string of the molecule is CC(C)C1C(C)CC=NC2C(C)C1C2CCN. The fourth-order valence-corrected chi connectivity index (χ4v) is 4.51. The molecule has 0 saturated heterocycles. The Morgan fingerprint density at radius 2 is 2.06 bits per heavy atom. The summed E-state index contributed by atoms with van der Waals surface area (Å²) in [4.78, 5) is 4.79.